The van der Waals surface area contributed by atoms with Gasteiger partial charge >= 0.3 is 6.09 Å². The molecular formula is C31H34Cl2N6O5S. The maximum Gasteiger partial charge on any atom is 0.410 e. The highest BCUT2D eigenvalue weighted by molar-refractivity contribution is 7.92. The number of carbonyl (C=O) groups is 2. The molecule has 3 saturated carbocycles. The van der Waals surface area contributed by atoms with E-state index in [1.165, 1.54) is 17.7 Å². The summed E-state index contributed by atoms with van der Waals surface area (Å²) in [7, 11) is -4.03. The summed E-state index contributed by atoms with van der Waals surface area (Å²) in [5.74, 6) is -0.338. The number of ether oxygens (including phenoxy) is 1. The van der Waals surface area contributed by atoms with Crippen molar-refractivity contribution in [1.29, 1.82) is 5.26 Å². The molecule has 14 heteroatoms. The lowest BCUT2D eigenvalue weighted by Crippen LogP contribution is -2.47. The number of nitriles is 1. The molecule has 3 aliphatic carbocycles. The zero-order valence-electron chi connectivity index (χ0n) is 24.6. The van der Waals surface area contributed by atoms with Gasteiger partial charge in [-0.1, -0.05) is 29.3 Å². The first-order valence-electron chi connectivity index (χ1n) is 15.4. The second kappa shape index (κ2) is 11.3. The fourth-order valence-electron chi connectivity index (χ4n) is 6.62. The van der Waals surface area contributed by atoms with E-state index in [9.17, 15) is 23.3 Å². The lowest BCUT2D eigenvalue weighted by molar-refractivity contribution is -0.140. The van der Waals surface area contributed by atoms with E-state index in [2.05, 4.69) is 26.2 Å². The number of benzene rings is 1. The fourth-order valence-corrected chi connectivity index (χ4v) is 8.95. The van der Waals surface area contributed by atoms with Crippen LogP contribution in [0.2, 0.25) is 10.2 Å². The van der Waals surface area contributed by atoms with Crippen molar-refractivity contribution in [1.82, 2.24) is 20.1 Å². The molecule has 0 unspecified atom stereocenters. The second-order valence-corrected chi connectivity index (χ2v) is 15.9. The number of hydrogen-bond acceptors (Lipinski definition) is 9. The van der Waals surface area contributed by atoms with Crippen LogP contribution in [0.4, 0.5) is 10.5 Å². The number of nitrogens with one attached hydrogen (secondary N) is 1. The summed E-state index contributed by atoms with van der Waals surface area (Å²) < 4.78 is 33.8. The quantitative estimate of drug-likeness (QED) is 0.414. The molecule has 2 atom stereocenters. The number of hydrogen-bond donors (Lipinski definition) is 1. The minimum Gasteiger partial charge on any atom is -0.425 e. The Kier molecular flexibility index (Phi) is 7.67. The number of nitrogens with zero attached hydrogens (tertiary/aromatic N) is 5. The third kappa shape index (κ3) is 5.84. The lowest BCUT2D eigenvalue weighted by Gasteiger charge is -2.36. The second-order valence-electron chi connectivity index (χ2n) is 12.9. The molecule has 5 aliphatic rings. The van der Waals surface area contributed by atoms with Crippen LogP contribution in [0.15, 0.2) is 41.4 Å². The summed E-state index contributed by atoms with van der Waals surface area (Å²) in [5, 5.41) is 11.3. The van der Waals surface area contributed by atoms with E-state index in [0.29, 0.717) is 42.4 Å². The van der Waals surface area contributed by atoms with Crippen LogP contribution in [0, 0.1) is 11.3 Å². The summed E-state index contributed by atoms with van der Waals surface area (Å²) in [4.78, 5) is 37.1. The molecule has 2 saturated heterocycles. The molecule has 2 amide bonds. The molecule has 5 fully saturated rings. The van der Waals surface area contributed by atoms with E-state index < -0.39 is 38.4 Å². The van der Waals surface area contributed by atoms with Gasteiger partial charge in [-0.3, -0.25) is 9.69 Å². The first kappa shape index (κ1) is 30.5. The summed E-state index contributed by atoms with van der Waals surface area (Å²) in [6, 6.07) is 11.2. The van der Waals surface area contributed by atoms with Crippen LogP contribution in [0.3, 0.4) is 0 Å². The van der Waals surface area contributed by atoms with Crippen molar-refractivity contribution in [2.75, 3.05) is 37.6 Å². The van der Waals surface area contributed by atoms with Crippen LogP contribution in [0.25, 0.3) is 0 Å². The predicted octanol–water partition coefficient (Wildman–Crippen LogP) is 3.89. The highest BCUT2D eigenvalue weighted by Crippen LogP contribution is 2.51. The number of rotatable bonds is 8. The number of carbonyl (C=O) groups excluding carboxylic acids is 2. The Morgan fingerprint density at radius 3 is 2.36 bits per heavy atom. The molecule has 238 valence electrons. The maximum absolute atomic E-state index is 14.1. The van der Waals surface area contributed by atoms with Gasteiger partial charge < -0.3 is 19.9 Å². The third-order valence-electron chi connectivity index (χ3n) is 9.86. The van der Waals surface area contributed by atoms with E-state index in [0.717, 1.165) is 31.9 Å². The smallest absolute Gasteiger partial charge is 0.410 e. The number of alkyl carbamates (subject to hydrolysis) is 1. The number of piperazine rings is 1. The molecule has 2 aromatic rings. The standard InChI is InChI=1S/C31H34Cl2N6O5S/c32-24-15-22(38-13-11-37(12-14-38)21-2-3-21)4-5-25(24)45(42,43)23-16-27(44-29(41)36-30(19-34)7-8-30)39(18-23)28(40)31(9-10-31)20-1-6-26(33)35-17-20/h1,4-6,15,17,21,23,27H,2-3,7-14,16,18H2,(H,36,41)/t23-,27+/m1/s1. The predicted molar refractivity (Wildman–Crippen MR) is 167 cm³/mol. The Morgan fingerprint density at radius 1 is 1.04 bits per heavy atom. The zero-order chi connectivity index (χ0) is 31.6. The Balaban J connectivity index is 1.11. The van der Waals surface area contributed by atoms with Crippen molar-refractivity contribution in [2.45, 2.75) is 78.3 Å². The molecule has 11 nitrogen and oxygen atoms in total. The third-order valence-corrected chi connectivity index (χ3v) is 12.7. The van der Waals surface area contributed by atoms with Crippen molar-refractivity contribution >= 4 is 50.7 Å². The Bertz CT molecular complexity index is 1660. The van der Waals surface area contributed by atoms with Crippen LogP contribution in [-0.4, -0.2) is 91.0 Å². The number of pyridine rings is 1. The molecule has 7 rings (SSSR count). The highest BCUT2D eigenvalue weighted by Gasteiger charge is 2.57. The van der Waals surface area contributed by atoms with Crippen molar-refractivity contribution in [3.05, 3.63) is 52.3 Å². The van der Waals surface area contributed by atoms with E-state index in [4.69, 9.17) is 27.9 Å². The fraction of sp³-hybridized carbons (Fsp3) is 0.548. The van der Waals surface area contributed by atoms with E-state index in [-0.39, 0.29) is 28.8 Å². The van der Waals surface area contributed by atoms with E-state index >= 15 is 0 Å². The van der Waals surface area contributed by atoms with Gasteiger partial charge in [0.1, 0.15) is 10.7 Å². The topological polar surface area (TPSA) is 136 Å². The van der Waals surface area contributed by atoms with Crippen molar-refractivity contribution in [3.8, 4) is 6.07 Å². The lowest BCUT2D eigenvalue weighted by atomic mass is 9.96. The van der Waals surface area contributed by atoms with Crippen LogP contribution < -0.4 is 10.2 Å². The summed E-state index contributed by atoms with van der Waals surface area (Å²) >= 11 is 12.6. The molecule has 0 spiro atoms. The largest absolute Gasteiger partial charge is 0.425 e. The number of likely N-dealkylation sites (tertiary alicyclic amines) is 1. The molecule has 45 heavy (non-hydrogen) atoms. The van der Waals surface area contributed by atoms with Crippen LogP contribution in [0.1, 0.15) is 50.5 Å². The highest BCUT2D eigenvalue weighted by atomic mass is 35.5. The van der Waals surface area contributed by atoms with Gasteiger partial charge in [0, 0.05) is 57.1 Å². The summed E-state index contributed by atoms with van der Waals surface area (Å²) in [6.07, 6.45) is 4.03. The SMILES string of the molecule is N#CC1(NC(=O)O[C@H]2C[C@@H](S(=O)(=O)c3ccc(N4CCN(C5CC5)CC4)cc3Cl)CN2C(=O)C2(c3ccc(Cl)nc3)CC2)CC1. The molecule has 1 N–H and O–H groups in total. The summed E-state index contributed by atoms with van der Waals surface area (Å²) in [5.41, 5.74) is -0.344. The first-order chi connectivity index (χ1) is 21.5. The van der Waals surface area contributed by atoms with Gasteiger partial charge in [-0.25, -0.2) is 18.2 Å². The maximum atomic E-state index is 14.1. The van der Waals surface area contributed by atoms with Gasteiger partial charge in [-0.05, 0) is 68.4 Å². The van der Waals surface area contributed by atoms with Gasteiger partial charge in [-0.2, -0.15) is 5.26 Å². The molecule has 2 aliphatic heterocycles. The number of amides is 2. The Labute approximate surface area is 272 Å². The monoisotopic (exact) mass is 672 g/mol. The van der Waals surface area contributed by atoms with Gasteiger partial charge in [0.25, 0.3) is 0 Å². The molecule has 0 radical (unpaired) electrons. The Morgan fingerprint density at radius 2 is 1.78 bits per heavy atom. The molecular weight excluding hydrogens is 639 g/mol. The molecule has 1 aromatic carbocycles. The van der Waals surface area contributed by atoms with Crippen LogP contribution >= 0.6 is 23.2 Å². The van der Waals surface area contributed by atoms with Crippen molar-refractivity contribution in [2.24, 2.45) is 0 Å². The Hall–Kier alpha value is -3.11. The number of sulfone groups is 1. The van der Waals surface area contributed by atoms with Gasteiger partial charge in [0.15, 0.2) is 16.1 Å². The van der Waals surface area contributed by atoms with Gasteiger partial charge in [0.2, 0.25) is 5.91 Å². The average molecular weight is 674 g/mol. The van der Waals surface area contributed by atoms with Crippen LogP contribution in [-0.2, 0) is 24.8 Å². The summed E-state index contributed by atoms with van der Waals surface area (Å²) in [6.45, 7) is 3.44. The van der Waals surface area contributed by atoms with Gasteiger partial charge in [0.05, 0.1) is 26.7 Å². The molecule has 0 bridgehead atoms. The van der Waals surface area contributed by atoms with E-state index in [1.807, 2.05) is 0 Å². The zero-order valence-corrected chi connectivity index (χ0v) is 27.0. The normalized spacial score (nSPS) is 25.4. The minimum absolute atomic E-state index is 0.0171. The number of aromatic nitrogens is 1. The van der Waals surface area contributed by atoms with Crippen molar-refractivity contribution in [3.63, 3.8) is 0 Å². The molecule has 1 aromatic heterocycles. The number of halogens is 2. The van der Waals surface area contributed by atoms with Crippen molar-refractivity contribution < 1.29 is 22.7 Å². The van der Waals surface area contributed by atoms with Crippen LogP contribution in [0.5, 0.6) is 0 Å². The number of anilines is 1. The van der Waals surface area contributed by atoms with E-state index in [1.54, 1.807) is 36.5 Å². The molecule has 3 heterocycles. The average Bonchev–Trinajstić information content (AvgIpc) is 3.92. The first-order valence-corrected chi connectivity index (χ1v) is 17.7. The minimum atomic E-state index is -4.03. The van der Waals surface area contributed by atoms with Gasteiger partial charge in [-0.15, -0.1) is 0 Å².